The zero-order chi connectivity index (χ0) is 14.9. The number of sulfonamides is 1. The lowest BCUT2D eigenvalue weighted by Gasteiger charge is -2.15. The average Bonchev–Trinajstić information content (AvgIpc) is 3.12. The highest BCUT2D eigenvalue weighted by Crippen LogP contribution is 2.23. The van der Waals surface area contributed by atoms with Gasteiger partial charge in [-0.25, -0.2) is 8.42 Å². The van der Waals surface area contributed by atoms with Crippen molar-refractivity contribution in [2.45, 2.75) is 24.3 Å². The third-order valence-electron chi connectivity index (χ3n) is 3.22. The van der Waals surface area contributed by atoms with E-state index in [0.29, 0.717) is 18.8 Å². The second kappa shape index (κ2) is 5.41. The molecule has 2 aromatic rings. The second-order valence-electron chi connectivity index (χ2n) is 4.76. The predicted octanol–water partition coefficient (Wildman–Crippen LogP) is 0.615. The molecule has 3 heterocycles. The van der Waals surface area contributed by atoms with E-state index in [-0.39, 0.29) is 17.5 Å². The van der Waals surface area contributed by atoms with Crippen LogP contribution in [-0.4, -0.2) is 47.3 Å². The summed E-state index contributed by atoms with van der Waals surface area (Å²) in [6.45, 7) is 2.49. The van der Waals surface area contributed by atoms with Gasteiger partial charge in [0.25, 0.3) is 0 Å². The molecule has 0 amide bonds. The van der Waals surface area contributed by atoms with Gasteiger partial charge in [0.2, 0.25) is 15.9 Å². The largest absolute Gasteiger partial charge is 0.472 e. The quantitative estimate of drug-likeness (QED) is 0.816. The number of hydrogen-bond donors (Lipinski definition) is 0. The third kappa shape index (κ3) is 2.88. The normalized spacial score (nSPS) is 19.8. The summed E-state index contributed by atoms with van der Waals surface area (Å²) in [5, 5.41) is 11.2. The maximum absolute atomic E-state index is 12.3. The van der Waals surface area contributed by atoms with Gasteiger partial charge < -0.3 is 9.26 Å². The van der Waals surface area contributed by atoms with Crippen LogP contribution < -0.4 is 4.74 Å². The summed E-state index contributed by atoms with van der Waals surface area (Å²) in [6, 6.07) is 3.52. The Hall–Kier alpha value is -2.00. The lowest BCUT2D eigenvalue weighted by Crippen LogP contribution is -2.30. The van der Waals surface area contributed by atoms with Crippen molar-refractivity contribution in [3.05, 3.63) is 30.3 Å². The monoisotopic (exact) mass is 310 g/mol. The van der Waals surface area contributed by atoms with Gasteiger partial charge in [-0.3, -0.25) is 0 Å². The molecule has 2 aromatic heterocycles. The number of ether oxygens (including phenoxy) is 1. The first-order valence-electron chi connectivity index (χ1n) is 6.42. The molecule has 1 saturated heterocycles. The van der Waals surface area contributed by atoms with Crippen LogP contribution in [0.15, 0.2) is 34.0 Å². The first kappa shape index (κ1) is 14.0. The molecule has 112 valence electrons. The van der Waals surface area contributed by atoms with Crippen molar-refractivity contribution in [3.8, 4) is 5.88 Å². The van der Waals surface area contributed by atoms with Crippen molar-refractivity contribution >= 4 is 10.0 Å². The first-order valence-corrected chi connectivity index (χ1v) is 7.86. The number of aromatic nitrogens is 3. The van der Waals surface area contributed by atoms with Gasteiger partial charge >= 0.3 is 0 Å². The van der Waals surface area contributed by atoms with Crippen molar-refractivity contribution in [1.82, 2.24) is 19.7 Å². The standard InChI is InChI=1S/C12H14N4O4S/c1-9-2-3-12(15-14-9)20-10-4-5-16(7-10)21(17,18)11-6-13-19-8-11/h2-3,6,8,10H,4-5,7H2,1H3. The smallest absolute Gasteiger partial charge is 0.248 e. The summed E-state index contributed by atoms with van der Waals surface area (Å²) in [5.74, 6) is 0.398. The van der Waals surface area contributed by atoms with Crippen LogP contribution in [0.1, 0.15) is 12.1 Å². The van der Waals surface area contributed by atoms with Gasteiger partial charge in [-0.2, -0.15) is 9.40 Å². The Morgan fingerprint density at radius 1 is 1.38 bits per heavy atom. The van der Waals surface area contributed by atoms with Gasteiger partial charge in [0.05, 0.1) is 18.4 Å². The summed E-state index contributed by atoms with van der Waals surface area (Å²) in [7, 11) is -3.57. The Morgan fingerprint density at radius 2 is 2.24 bits per heavy atom. The molecule has 0 bridgehead atoms. The number of hydrogen-bond acceptors (Lipinski definition) is 7. The molecular formula is C12H14N4O4S. The molecule has 0 N–H and O–H groups in total. The predicted molar refractivity (Wildman–Crippen MR) is 71.1 cm³/mol. The summed E-state index contributed by atoms with van der Waals surface area (Å²) >= 11 is 0. The van der Waals surface area contributed by atoms with Gasteiger partial charge in [-0.05, 0) is 19.4 Å². The minimum Gasteiger partial charge on any atom is -0.472 e. The van der Waals surface area contributed by atoms with Crippen LogP contribution in [0.25, 0.3) is 0 Å². The van der Waals surface area contributed by atoms with E-state index in [9.17, 15) is 8.42 Å². The van der Waals surface area contributed by atoms with Crippen molar-refractivity contribution < 1.29 is 17.7 Å². The van der Waals surface area contributed by atoms with Crippen LogP contribution in [0.5, 0.6) is 5.88 Å². The zero-order valence-corrected chi connectivity index (χ0v) is 12.2. The minimum absolute atomic E-state index is 0.0540. The van der Waals surface area contributed by atoms with E-state index in [1.54, 1.807) is 12.1 Å². The van der Waals surface area contributed by atoms with Crippen LogP contribution in [0.2, 0.25) is 0 Å². The highest BCUT2D eigenvalue weighted by molar-refractivity contribution is 7.89. The Kier molecular flexibility index (Phi) is 3.60. The summed E-state index contributed by atoms with van der Waals surface area (Å²) in [6.07, 6.45) is 2.67. The van der Waals surface area contributed by atoms with E-state index < -0.39 is 10.0 Å². The minimum atomic E-state index is -3.57. The molecule has 1 aliphatic heterocycles. The lowest BCUT2D eigenvalue weighted by molar-refractivity contribution is 0.204. The van der Waals surface area contributed by atoms with Crippen LogP contribution in [0, 0.1) is 6.92 Å². The van der Waals surface area contributed by atoms with E-state index >= 15 is 0 Å². The Balaban J connectivity index is 1.67. The Morgan fingerprint density at radius 3 is 2.90 bits per heavy atom. The maximum atomic E-state index is 12.3. The molecule has 8 nitrogen and oxygen atoms in total. The number of aryl methyl sites for hydroxylation is 1. The Labute approximate surface area is 121 Å². The van der Waals surface area contributed by atoms with Gasteiger partial charge in [0, 0.05) is 12.6 Å². The van der Waals surface area contributed by atoms with E-state index in [1.165, 1.54) is 10.5 Å². The van der Waals surface area contributed by atoms with Crippen molar-refractivity contribution in [3.63, 3.8) is 0 Å². The fourth-order valence-electron chi connectivity index (χ4n) is 2.10. The second-order valence-corrected chi connectivity index (χ2v) is 6.70. The molecule has 9 heteroatoms. The zero-order valence-electron chi connectivity index (χ0n) is 11.3. The van der Waals surface area contributed by atoms with Gasteiger partial charge in [0.1, 0.15) is 17.3 Å². The number of rotatable bonds is 4. The summed E-state index contributed by atoms with van der Waals surface area (Å²) in [5.41, 5.74) is 0.797. The topological polar surface area (TPSA) is 98.4 Å². The maximum Gasteiger partial charge on any atom is 0.248 e. The molecule has 1 aliphatic rings. The lowest BCUT2D eigenvalue weighted by atomic mass is 10.3. The molecule has 0 spiro atoms. The molecule has 1 atom stereocenters. The van der Waals surface area contributed by atoms with E-state index in [4.69, 9.17) is 4.74 Å². The van der Waals surface area contributed by atoms with Crippen molar-refractivity contribution in [2.75, 3.05) is 13.1 Å². The highest BCUT2D eigenvalue weighted by Gasteiger charge is 2.34. The van der Waals surface area contributed by atoms with Crippen LogP contribution >= 0.6 is 0 Å². The highest BCUT2D eigenvalue weighted by atomic mass is 32.2. The summed E-state index contributed by atoms with van der Waals surface area (Å²) in [4.78, 5) is 0.0540. The van der Waals surface area contributed by atoms with E-state index in [0.717, 1.165) is 12.0 Å². The molecule has 0 aliphatic carbocycles. The molecule has 21 heavy (non-hydrogen) atoms. The fourth-order valence-corrected chi connectivity index (χ4v) is 3.45. The molecule has 0 radical (unpaired) electrons. The molecule has 0 saturated carbocycles. The van der Waals surface area contributed by atoms with Crippen LogP contribution in [-0.2, 0) is 10.0 Å². The van der Waals surface area contributed by atoms with E-state index in [1.807, 2.05) is 6.92 Å². The van der Waals surface area contributed by atoms with Gasteiger partial charge in [0.15, 0.2) is 0 Å². The molecule has 1 unspecified atom stereocenters. The van der Waals surface area contributed by atoms with Crippen LogP contribution in [0.4, 0.5) is 0 Å². The summed E-state index contributed by atoms with van der Waals surface area (Å²) < 4.78 is 36.2. The average molecular weight is 310 g/mol. The molecule has 1 fully saturated rings. The third-order valence-corrected chi connectivity index (χ3v) is 5.02. The first-order chi connectivity index (χ1) is 10.1. The Bertz CT molecular complexity index is 699. The van der Waals surface area contributed by atoms with Crippen molar-refractivity contribution in [2.24, 2.45) is 0 Å². The molecular weight excluding hydrogens is 296 g/mol. The van der Waals surface area contributed by atoms with Crippen LogP contribution in [0.3, 0.4) is 0 Å². The molecule has 0 aromatic carbocycles. The van der Waals surface area contributed by atoms with E-state index in [2.05, 4.69) is 19.9 Å². The number of nitrogens with zero attached hydrogens (tertiary/aromatic N) is 4. The van der Waals surface area contributed by atoms with Gasteiger partial charge in [-0.15, -0.1) is 5.10 Å². The fraction of sp³-hybridized carbons (Fsp3) is 0.417. The molecule has 3 rings (SSSR count). The van der Waals surface area contributed by atoms with Crippen molar-refractivity contribution in [1.29, 1.82) is 0 Å². The SMILES string of the molecule is Cc1ccc(OC2CCN(S(=O)(=O)c3cnoc3)C2)nn1. The van der Waals surface area contributed by atoms with Gasteiger partial charge in [-0.1, -0.05) is 5.16 Å².